The predicted molar refractivity (Wildman–Crippen MR) is 56.6 cm³/mol. The van der Waals surface area contributed by atoms with Gasteiger partial charge < -0.3 is 10.4 Å². The van der Waals surface area contributed by atoms with Gasteiger partial charge in [0.1, 0.15) is 11.9 Å². The number of hydrogen-bond acceptors (Lipinski definition) is 3. The fraction of sp³-hybridized carbons (Fsp3) is 0.182. The van der Waals surface area contributed by atoms with E-state index in [2.05, 4.69) is 5.32 Å². The van der Waals surface area contributed by atoms with Gasteiger partial charge in [-0.1, -0.05) is 0 Å². The Morgan fingerprint density at radius 3 is 2.71 bits per heavy atom. The first-order chi connectivity index (χ1) is 8.02. The third-order valence-corrected chi connectivity index (χ3v) is 1.94. The molecular formula is C11H9FN2O3. The molecule has 0 aromatic heterocycles. The first kappa shape index (κ1) is 12.6. The van der Waals surface area contributed by atoms with E-state index in [1.165, 1.54) is 6.07 Å². The molecule has 0 aliphatic heterocycles. The maximum Gasteiger partial charge on any atom is 0.303 e. The summed E-state index contributed by atoms with van der Waals surface area (Å²) in [6.45, 7) is 0. The van der Waals surface area contributed by atoms with E-state index in [1.807, 2.05) is 0 Å². The van der Waals surface area contributed by atoms with E-state index in [-0.39, 0.29) is 24.1 Å². The average Bonchev–Trinajstić information content (AvgIpc) is 2.28. The number of benzene rings is 1. The summed E-state index contributed by atoms with van der Waals surface area (Å²) in [6.07, 6.45) is -0.494. The highest BCUT2D eigenvalue weighted by atomic mass is 19.1. The first-order valence-corrected chi connectivity index (χ1v) is 4.74. The van der Waals surface area contributed by atoms with Gasteiger partial charge in [0.05, 0.1) is 17.7 Å². The second-order valence-corrected chi connectivity index (χ2v) is 3.24. The minimum atomic E-state index is -1.08. The molecule has 17 heavy (non-hydrogen) atoms. The smallest absolute Gasteiger partial charge is 0.303 e. The minimum Gasteiger partial charge on any atom is -0.481 e. The van der Waals surface area contributed by atoms with Gasteiger partial charge in [-0.3, -0.25) is 9.59 Å². The summed E-state index contributed by atoms with van der Waals surface area (Å²) >= 11 is 0. The number of nitrogens with zero attached hydrogens (tertiary/aromatic N) is 1. The molecule has 0 aliphatic rings. The number of nitrogens with one attached hydrogen (secondary N) is 1. The Morgan fingerprint density at radius 2 is 2.12 bits per heavy atom. The van der Waals surface area contributed by atoms with Crippen molar-refractivity contribution in [2.45, 2.75) is 12.8 Å². The minimum absolute atomic E-state index is 0.00586. The SMILES string of the molecule is N#Cc1cc(F)ccc1NC(=O)CCC(=O)O. The Morgan fingerprint density at radius 1 is 1.41 bits per heavy atom. The third kappa shape index (κ3) is 3.91. The Hall–Kier alpha value is -2.42. The van der Waals surface area contributed by atoms with Crippen molar-refractivity contribution in [2.75, 3.05) is 5.32 Å². The van der Waals surface area contributed by atoms with Crippen LogP contribution in [0.3, 0.4) is 0 Å². The number of hydrogen-bond donors (Lipinski definition) is 2. The molecule has 1 aromatic rings. The van der Waals surface area contributed by atoms with E-state index in [0.29, 0.717) is 0 Å². The number of carbonyl (C=O) groups is 2. The van der Waals surface area contributed by atoms with Crippen LogP contribution in [0, 0.1) is 17.1 Å². The highest BCUT2D eigenvalue weighted by molar-refractivity contribution is 5.93. The molecule has 0 unspecified atom stereocenters. The van der Waals surface area contributed by atoms with Crippen LogP contribution in [0.2, 0.25) is 0 Å². The van der Waals surface area contributed by atoms with Gasteiger partial charge in [-0.15, -0.1) is 0 Å². The van der Waals surface area contributed by atoms with E-state index in [9.17, 15) is 14.0 Å². The Balaban J connectivity index is 2.72. The number of halogens is 1. The molecular weight excluding hydrogens is 227 g/mol. The molecule has 2 N–H and O–H groups in total. The lowest BCUT2D eigenvalue weighted by Crippen LogP contribution is -2.14. The molecule has 0 saturated heterocycles. The molecule has 0 heterocycles. The summed E-state index contributed by atoms with van der Waals surface area (Å²) in [5.41, 5.74) is 0.165. The average molecular weight is 236 g/mol. The third-order valence-electron chi connectivity index (χ3n) is 1.94. The van der Waals surface area contributed by atoms with Crippen LogP contribution in [0.15, 0.2) is 18.2 Å². The quantitative estimate of drug-likeness (QED) is 0.828. The molecule has 0 spiro atoms. The van der Waals surface area contributed by atoms with Crippen LogP contribution in [0.1, 0.15) is 18.4 Å². The van der Waals surface area contributed by atoms with Crippen molar-refractivity contribution in [3.63, 3.8) is 0 Å². The van der Waals surface area contributed by atoms with E-state index in [4.69, 9.17) is 10.4 Å². The van der Waals surface area contributed by atoms with Crippen molar-refractivity contribution in [1.82, 2.24) is 0 Å². The first-order valence-electron chi connectivity index (χ1n) is 4.74. The van der Waals surface area contributed by atoms with Gasteiger partial charge in [-0.25, -0.2) is 4.39 Å². The van der Waals surface area contributed by atoms with Gasteiger partial charge in [0.15, 0.2) is 0 Å². The van der Waals surface area contributed by atoms with Gasteiger partial charge in [0, 0.05) is 6.42 Å². The van der Waals surface area contributed by atoms with Crippen LogP contribution in [-0.2, 0) is 9.59 Å². The summed E-state index contributed by atoms with van der Waals surface area (Å²) in [4.78, 5) is 21.5. The van der Waals surface area contributed by atoms with Crippen LogP contribution in [-0.4, -0.2) is 17.0 Å². The number of carboxylic acid groups (broad SMARTS) is 1. The lowest BCUT2D eigenvalue weighted by Gasteiger charge is -2.05. The number of anilines is 1. The van der Waals surface area contributed by atoms with Crippen LogP contribution < -0.4 is 5.32 Å². The molecule has 0 atom stereocenters. The van der Waals surface area contributed by atoms with Crippen molar-refractivity contribution in [2.24, 2.45) is 0 Å². The van der Waals surface area contributed by atoms with Gasteiger partial charge in [-0.2, -0.15) is 5.26 Å². The lowest BCUT2D eigenvalue weighted by atomic mass is 10.2. The summed E-state index contributed by atoms with van der Waals surface area (Å²) in [6, 6.07) is 5.09. The largest absolute Gasteiger partial charge is 0.481 e. The maximum absolute atomic E-state index is 12.8. The lowest BCUT2D eigenvalue weighted by molar-refractivity contribution is -0.138. The number of aliphatic carboxylic acids is 1. The number of nitriles is 1. The Labute approximate surface area is 96.5 Å². The molecule has 1 aromatic carbocycles. The number of carbonyl (C=O) groups excluding carboxylic acids is 1. The molecule has 1 rings (SSSR count). The zero-order valence-corrected chi connectivity index (χ0v) is 8.74. The topological polar surface area (TPSA) is 90.2 Å². The summed E-state index contributed by atoms with van der Waals surface area (Å²) in [7, 11) is 0. The summed E-state index contributed by atoms with van der Waals surface area (Å²) in [5.74, 6) is -2.19. The number of rotatable bonds is 4. The molecule has 0 saturated carbocycles. The Kier molecular flexibility index (Phi) is 4.17. The maximum atomic E-state index is 12.8. The highest BCUT2D eigenvalue weighted by Crippen LogP contribution is 2.16. The zero-order valence-electron chi connectivity index (χ0n) is 8.74. The fourth-order valence-electron chi connectivity index (χ4n) is 1.15. The van der Waals surface area contributed by atoms with Crippen molar-refractivity contribution in [1.29, 1.82) is 5.26 Å². The van der Waals surface area contributed by atoms with E-state index in [1.54, 1.807) is 6.07 Å². The molecule has 0 aliphatic carbocycles. The van der Waals surface area contributed by atoms with Gasteiger partial charge in [-0.05, 0) is 18.2 Å². The van der Waals surface area contributed by atoms with Crippen molar-refractivity contribution < 1.29 is 19.1 Å². The molecule has 0 fully saturated rings. The highest BCUT2D eigenvalue weighted by Gasteiger charge is 2.09. The van der Waals surface area contributed by atoms with Gasteiger partial charge in [0.25, 0.3) is 0 Å². The predicted octanol–water partition coefficient (Wildman–Crippen LogP) is 1.50. The molecule has 0 bridgehead atoms. The second-order valence-electron chi connectivity index (χ2n) is 3.24. The molecule has 0 radical (unpaired) electrons. The summed E-state index contributed by atoms with van der Waals surface area (Å²) in [5, 5.41) is 19.4. The second kappa shape index (κ2) is 5.61. The molecule has 1 amide bonds. The normalized spacial score (nSPS) is 9.41. The summed E-state index contributed by atoms with van der Waals surface area (Å²) < 4.78 is 12.8. The van der Waals surface area contributed by atoms with E-state index < -0.39 is 17.7 Å². The Bertz CT molecular complexity index is 494. The standard InChI is InChI=1S/C11H9FN2O3/c12-8-1-2-9(7(5-8)6-13)14-10(15)3-4-11(16)17/h1-2,5H,3-4H2,(H,14,15)(H,16,17). The molecule has 88 valence electrons. The van der Waals surface area contributed by atoms with E-state index >= 15 is 0 Å². The molecule has 6 heteroatoms. The monoisotopic (exact) mass is 236 g/mol. The van der Waals surface area contributed by atoms with Crippen LogP contribution in [0.5, 0.6) is 0 Å². The van der Waals surface area contributed by atoms with Gasteiger partial charge >= 0.3 is 5.97 Å². The van der Waals surface area contributed by atoms with Crippen molar-refractivity contribution in [3.8, 4) is 6.07 Å². The van der Waals surface area contributed by atoms with Crippen LogP contribution in [0.4, 0.5) is 10.1 Å². The van der Waals surface area contributed by atoms with Crippen molar-refractivity contribution in [3.05, 3.63) is 29.6 Å². The zero-order chi connectivity index (χ0) is 12.8. The van der Waals surface area contributed by atoms with Crippen LogP contribution in [0.25, 0.3) is 0 Å². The van der Waals surface area contributed by atoms with E-state index in [0.717, 1.165) is 12.1 Å². The number of amides is 1. The number of carboxylic acids is 1. The van der Waals surface area contributed by atoms with Crippen molar-refractivity contribution >= 4 is 17.6 Å². The molecule has 5 nitrogen and oxygen atoms in total. The fourth-order valence-corrected chi connectivity index (χ4v) is 1.15. The van der Waals surface area contributed by atoms with Gasteiger partial charge in [0.2, 0.25) is 5.91 Å². The van der Waals surface area contributed by atoms with Crippen LogP contribution >= 0.6 is 0 Å².